The number of hydrogen-bond donors (Lipinski definition) is 0. The van der Waals surface area contributed by atoms with E-state index in [4.69, 9.17) is 23.2 Å². The van der Waals surface area contributed by atoms with Crippen LogP contribution in [-0.4, -0.2) is 15.8 Å². The van der Waals surface area contributed by atoms with Crippen molar-refractivity contribution in [1.82, 2.24) is 9.55 Å². The number of halogens is 2. The van der Waals surface area contributed by atoms with E-state index in [9.17, 15) is 0 Å². The topological polar surface area (TPSA) is 30.2 Å². The van der Waals surface area contributed by atoms with Gasteiger partial charge in [0.1, 0.15) is 0 Å². The van der Waals surface area contributed by atoms with E-state index in [0.29, 0.717) is 22.5 Å². The number of rotatable bonds is 4. The molecule has 0 fully saturated rings. The van der Waals surface area contributed by atoms with Gasteiger partial charge in [-0.05, 0) is 24.3 Å². The first kappa shape index (κ1) is 14.8. The van der Waals surface area contributed by atoms with Gasteiger partial charge in [-0.3, -0.25) is 0 Å². The Labute approximate surface area is 138 Å². The average Bonchev–Trinajstić information content (AvgIpc) is 2.85. The number of imidazole rings is 1. The normalized spacial score (nSPS) is 11.4. The molecule has 110 valence electrons. The Morgan fingerprint density at radius 1 is 1.18 bits per heavy atom. The number of aromatic nitrogens is 2. The minimum Gasteiger partial charge on any atom is -0.305 e. The van der Waals surface area contributed by atoms with Crippen molar-refractivity contribution < 1.29 is 0 Å². The molecule has 1 heterocycles. The van der Waals surface area contributed by atoms with Gasteiger partial charge >= 0.3 is 0 Å². The van der Waals surface area contributed by atoms with Gasteiger partial charge in [-0.15, -0.1) is 6.58 Å². The highest BCUT2D eigenvalue weighted by Gasteiger charge is 2.08. The Morgan fingerprint density at radius 2 is 2.00 bits per heavy atom. The van der Waals surface area contributed by atoms with Crippen molar-refractivity contribution in [3.05, 3.63) is 70.7 Å². The molecule has 5 heteroatoms. The summed E-state index contributed by atoms with van der Waals surface area (Å²) in [5, 5.41) is 1.16. The summed E-state index contributed by atoms with van der Waals surface area (Å²) in [6, 6.07) is 13.2. The first-order valence-corrected chi connectivity index (χ1v) is 7.50. The molecule has 3 nitrogen and oxygen atoms in total. The van der Waals surface area contributed by atoms with E-state index in [0.717, 1.165) is 16.6 Å². The number of para-hydroxylation sites is 2. The van der Waals surface area contributed by atoms with Gasteiger partial charge in [0.2, 0.25) is 5.95 Å². The predicted molar refractivity (Wildman–Crippen MR) is 93.6 cm³/mol. The molecule has 0 aliphatic carbocycles. The standard InChI is InChI=1S/C17H13Cl2N3/c1-2-9-22-16-6-4-3-5-15(16)21-17(22)20-11-12-7-8-13(18)10-14(12)19/h2-8,10-11H,1,9H2. The minimum absolute atomic E-state index is 0.558. The molecule has 2 aromatic carbocycles. The van der Waals surface area contributed by atoms with Crippen molar-refractivity contribution in [1.29, 1.82) is 0 Å². The fraction of sp³-hybridized carbons (Fsp3) is 0.0588. The van der Waals surface area contributed by atoms with Crippen molar-refractivity contribution in [2.45, 2.75) is 6.54 Å². The van der Waals surface area contributed by atoms with Crippen LogP contribution in [0.4, 0.5) is 5.95 Å². The lowest BCUT2D eigenvalue weighted by Crippen LogP contribution is -1.94. The minimum atomic E-state index is 0.558. The number of fused-ring (bicyclic) bond motifs is 1. The molecule has 0 saturated carbocycles. The summed E-state index contributed by atoms with van der Waals surface area (Å²) in [6.07, 6.45) is 3.52. The quantitative estimate of drug-likeness (QED) is 0.473. The average molecular weight is 330 g/mol. The van der Waals surface area contributed by atoms with Crippen LogP contribution in [0.1, 0.15) is 5.56 Å². The van der Waals surface area contributed by atoms with Gasteiger partial charge in [-0.2, -0.15) is 0 Å². The number of hydrogen-bond acceptors (Lipinski definition) is 2. The lowest BCUT2D eigenvalue weighted by atomic mass is 10.2. The lowest BCUT2D eigenvalue weighted by molar-refractivity contribution is 0.853. The number of allylic oxidation sites excluding steroid dienone is 1. The summed E-state index contributed by atoms with van der Waals surface area (Å²) in [5.74, 6) is 0.618. The third kappa shape index (κ3) is 2.91. The van der Waals surface area contributed by atoms with Gasteiger partial charge in [-0.1, -0.05) is 47.5 Å². The zero-order chi connectivity index (χ0) is 15.5. The van der Waals surface area contributed by atoms with Crippen LogP contribution in [0.25, 0.3) is 11.0 Å². The molecule has 0 aliphatic heterocycles. The van der Waals surface area contributed by atoms with Crippen LogP contribution in [0.15, 0.2) is 60.1 Å². The molecule has 0 amide bonds. The summed E-state index contributed by atoms with van der Waals surface area (Å²) in [7, 11) is 0. The predicted octanol–water partition coefficient (Wildman–Crippen LogP) is 5.28. The third-order valence-electron chi connectivity index (χ3n) is 3.23. The molecule has 0 saturated heterocycles. The molecular formula is C17H13Cl2N3. The van der Waals surface area contributed by atoms with E-state index in [1.165, 1.54) is 0 Å². The van der Waals surface area contributed by atoms with E-state index in [-0.39, 0.29) is 0 Å². The van der Waals surface area contributed by atoms with Crippen molar-refractivity contribution in [3.63, 3.8) is 0 Å². The largest absolute Gasteiger partial charge is 0.305 e. The second-order valence-electron chi connectivity index (χ2n) is 4.72. The molecule has 0 aliphatic rings. The third-order valence-corrected chi connectivity index (χ3v) is 3.79. The highest BCUT2D eigenvalue weighted by Crippen LogP contribution is 2.23. The molecular weight excluding hydrogens is 317 g/mol. The highest BCUT2D eigenvalue weighted by atomic mass is 35.5. The van der Waals surface area contributed by atoms with E-state index in [1.54, 1.807) is 18.3 Å². The summed E-state index contributed by atoms with van der Waals surface area (Å²) < 4.78 is 2.00. The van der Waals surface area contributed by atoms with E-state index >= 15 is 0 Å². The van der Waals surface area contributed by atoms with Crippen molar-refractivity contribution in [2.24, 2.45) is 4.99 Å². The van der Waals surface area contributed by atoms with Gasteiger partial charge < -0.3 is 4.57 Å². The number of benzene rings is 2. The Bertz CT molecular complexity index is 865. The molecule has 1 aromatic heterocycles. The summed E-state index contributed by atoms with van der Waals surface area (Å²) in [6.45, 7) is 4.43. The Hall–Kier alpha value is -2.10. The monoisotopic (exact) mass is 329 g/mol. The summed E-state index contributed by atoms with van der Waals surface area (Å²) in [5.41, 5.74) is 2.72. The molecule has 22 heavy (non-hydrogen) atoms. The van der Waals surface area contributed by atoms with Gasteiger partial charge in [0, 0.05) is 23.3 Å². The van der Waals surface area contributed by atoms with Crippen molar-refractivity contribution >= 4 is 46.4 Å². The molecule has 0 spiro atoms. The highest BCUT2D eigenvalue weighted by molar-refractivity contribution is 6.36. The van der Waals surface area contributed by atoms with Crippen LogP contribution in [-0.2, 0) is 6.54 Å². The van der Waals surface area contributed by atoms with Gasteiger partial charge in [0.25, 0.3) is 0 Å². The van der Waals surface area contributed by atoms with E-state index in [2.05, 4.69) is 16.6 Å². The summed E-state index contributed by atoms with van der Waals surface area (Å²) in [4.78, 5) is 9.02. The molecule has 3 rings (SSSR count). The Balaban J connectivity index is 2.04. The zero-order valence-electron chi connectivity index (χ0n) is 11.7. The smallest absolute Gasteiger partial charge is 0.230 e. The Morgan fingerprint density at radius 3 is 2.77 bits per heavy atom. The van der Waals surface area contributed by atoms with E-state index in [1.807, 2.05) is 41.0 Å². The maximum atomic E-state index is 6.16. The SMILES string of the molecule is C=CCn1c(N=Cc2ccc(Cl)cc2Cl)nc2ccccc21. The van der Waals surface area contributed by atoms with Crippen LogP contribution >= 0.6 is 23.2 Å². The van der Waals surface area contributed by atoms with Crippen LogP contribution in [0, 0.1) is 0 Å². The first-order chi connectivity index (χ1) is 10.7. The van der Waals surface area contributed by atoms with Crippen LogP contribution < -0.4 is 0 Å². The van der Waals surface area contributed by atoms with E-state index < -0.39 is 0 Å². The first-order valence-electron chi connectivity index (χ1n) is 6.74. The second kappa shape index (κ2) is 6.34. The number of nitrogens with zero attached hydrogens (tertiary/aromatic N) is 3. The van der Waals surface area contributed by atoms with Gasteiger partial charge in [0.15, 0.2) is 0 Å². The molecule has 0 unspecified atom stereocenters. The van der Waals surface area contributed by atoms with Gasteiger partial charge in [0.05, 0.1) is 16.1 Å². The summed E-state index contributed by atoms with van der Waals surface area (Å²) >= 11 is 12.1. The zero-order valence-corrected chi connectivity index (χ0v) is 13.2. The molecule has 0 N–H and O–H groups in total. The number of aliphatic imine (C=N–C) groups is 1. The molecule has 0 atom stereocenters. The van der Waals surface area contributed by atoms with Crippen molar-refractivity contribution in [3.8, 4) is 0 Å². The van der Waals surface area contributed by atoms with Crippen LogP contribution in [0.3, 0.4) is 0 Å². The molecule has 0 bridgehead atoms. The lowest BCUT2D eigenvalue weighted by Gasteiger charge is -2.02. The van der Waals surface area contributed by atoms with Crippen molar-refractivity contribution in [2.75, 3.05) is 0 Å². The van der Waals surface area contributed by atoms with Crippen LogP contribution in [0.5, 0.6) is 0 Å². The maximum absolute atomic E-state index is 6.16. The van der Waals surface area contributed by atoms with Crippen LogP contribution in [0.2, 0.25) is 10.0 Å². The Kier molecular flexibility index (Phi) is 4.27. The van der Waals surface area contributed by atoms with Gasteiger partial charge in [-0.25, -0.2) is 9.98 Å². The fourth-order valence-electron chi connectivity index (χ4n) is 2.20. The molecule has 3 aromatic rings. The fourth-order valence-corrected chi connectivity index (χ4v) is 2.66. The maximum Gasteiger partial charge on any atom is 0.230 e. The second-order valence-corrected chi connectivity index (χ2v) is 5.57. The molecule has 0 radical (unpaired) electrons.